The average molecular weight is 519 g/mol. The summed E-state index contributed by atoms with van der Waals surface area (Å²) in [5, 5.41) is 22.0. The standard InChI is InChI=1S/C30H30N8O/c1-3-28(39)37-12-10-30(11-13-37)8-6-25(7-9-30)35-27-5-4-21(16-32-27)26-14-22(24-18-33-36(2)19-24)20-38-29(26)23(15-31)17-34-38/h1,4-5,14,16-20,25H,6-13H2,2H3,(H,32,35). The highest BCUT2D eigenvalue weighted by Gasteiger charge is 2.38. The number of carbonyl (C=O) groups is 1. The maximum absolute atomic E-state index is 11.8. The first-order valence-corrected chi connectivity index (χ1v) is 13.4. The van der Waals surface area contributed by atoms with E-state index < -0.39 is 0 Å². The highest BCUT2D eigenvalue weighted by Crippen LogP contribution is 2.45. The quantitative estimate of drug-likeness (QED) is 0.405. The third-order valence-electron chi connectivity index (χ3n) is 8.48. The summed E-state index contributed by atoms with van der Waals surface area (Å²) in [7, 11) is 1.89. The molecule has 0 radical (unpaired) electrons. The number of terminal acetylenes is 1. The van der Waals surface area contributed by atoms with Crippen LogP contribution < -0.4 is 5.32 Å². The number of fused-ring (bicyclic) bond motifs is 1. The minimum atomic E-state index is -0.184. The lowest BCUT2D eigenvalue weighted by Gasteiger charge is -2.45. The van der Waals surface area contributed by atoms with Crippen LogP contribution in [0.2, 0.25) is 0 Å². The summed E-state index contributed by atoms with van der Waals surface area (Å²) in [4.78, 5) is 18.4. The van der Waals surface area contributed by atoms with Crippen molar-refractivity contribution in [3.05, 3.63) is 54.7 Å². The number of carbonyl (C=O) groups excluding carboxylic acids is 1. The Morgan fingerprint density at radius 2 is 1.85 bits per heavy atom. The van der Waals surface area contributed by atoms with E-state index in [9.17, 15) is 10.1 Å². The van der Waals surface area contributed by atoms with Crippen molar-refractivity contribution in [2.24, 2.45) is 12.5 Å². The van der Waals surface area contributed by atoms with E-state index in [4.69, 9.17) is 11.4 Å². The van der Waals surface area contributed by atoms with Crippen molar-refractivity contribution in [3.63, 3.8) is 0 Å². The van der Waals surface area contributed by atoms with E-state index >= 15 is 0 Å². The molecule has 0 atom stereocenters. The summed E-state index contributed by atoms with van der Waals surface area (Å²) in [5.41, 5.74) is 5.38. The van der Waals surface area contributed by atoms with Gasteiger partial charge in [-0.3, -0.25) is 9.48 Å². The SMILES string of the molecule is C#CC(=O)N1CCC2(CCC(Nc3ccc(-c4cc(-c5cnn(C)c5)cn5ncc(C#N)c45)cn3)CC2)CC1. The second-order valence-electron chi connectivity index (χ2n) is 10.8. The number of piperidine rings is 1. The van der Waals surface area contributed by atoms with E-state index in [1.54, 1.807) is 15.4 Å². The van der Waals surface area contributed by atoms with Gasteiger partial charge in [-0.05, 0) is 68.1 Å². The molecule has 0 unspecified atom stereocenters. The number of anilines is 1. The monoisotopic (exact) mass is 518 g/mol. The van der Waals surface area contributed by atoms with Crippen LogP contribution in [0.1, 0.15) is 44.1 Å². The molecule has 0 bridgehead atoms. The largest absolute Gasteiger partial charge is 0.367 e. The smallest absolute Gasteiger partial charge is 0.298 e. The van der Waals surface area contributed by atoms with Gasteiger partial charge >= 0.3 is 0 Å². The number of nitrogens with zero attached hydrogens (tertiary/aromatic N) is 7. The third kappa shape index (κ3) is 4.72. The van der Waals surface area contributed by atoms with Gasteiger partial charge in [-0.2, -0.15) is 15.5 Å². The highest BCUT2D eigenvalue weighted by atomic mass is 16.2. The van der Waals surface area contributed by atoms with Crippen LogP contribution in [0.5, 0.6) is 0 Å². The summed E-state index contributed by atoms with van der Waals surface area (Å²) in [5.74, 6) is 2.91. The zero-order valence-electron chi connectivity index (χ0n) is 22.0. The van der Waals surface area contributed by atoms with Gasteiger partial charge < -0.3 is 10.2 Å². The molecule has 4 aromatic heterocycles. The second kappa shape index (κ2) is 9.92. The van der Waals surface area contributed by atoms with Crippen molar-refractivity contribution < 1.29 is 4.79 Å². The number of hydrogen-bond donors (Lipinski definition) is 1. The maximum atomic E-state index is 11.8. The van der Waals surface area contributed by atoms with Gasteiger partial charge in [0.2, 0.25) is 0 Å². The molecular weight excluding hydrogens is 488 g/mol. The molecule has 6 rings (SSSR count). The number of pyridine rings is 2. The van der Waals surface area contributed by atoms with Crippen molar-refractivity contribution in [2.75, 3.05) is 18.4 Å². The Hall–Kier alpha value is -4.63. The predicted octanol–water partition coefficient (Wildman–Crippen LogP) is 4.26. The van der Waals surface area contributed by atoms with E-state index in [1.807, 2.05) is 48.9 Å². The number of rotatable bonds is 4. The molecule has 9 nitrogen and oxygen atoms in total. The van der Waals surface area contributed by atoms with Gasteiger partial charge in [0.1, 0.15) is 11.9 Å². The van der Waals surface area contributed by atoms with Crippen LogP contribution in [-0.4, -0.2) is 54.3 Å². The van der Waals surface area contributed by atoms with Gasteiger partial charge in [0.15, 0.2) is 0 Å². The lowest BCUT2D eigenvalue weighted by molar-refractivity contribution is -0.127. The van der Waals surface area contributed by atoms with E-state index in [1.165, 1.54) is 0 Å². The van der Waals surface area contributed by atoms with Crippen LogP contribution >= 0.6 is 0 Å². The van der Waals surface area contributed by atoms with Gasteiger partial charge in [0.25, 0.3) is 5.91 Å². The fourth-order valence-corrected chi connectivity index (χ4v) is 6.15. The van der Waals surface area contributed by atoms with E-state index in [2.05, 4.69) is 33.6 Å². The lowest BCUT2D eigenvalue weighted by atomic mass is 9.67. The molecule has 1 saturated heterocycles. The molecule has 1 aliphatic heterocycles. The number of aryl methyl sites for hydroxylation is 1. The minimum absolute atomic E-state index is 0.184. The van der Waals surface area contributed by atoms with Crippen molar-refractivity contribution in [1.82, 2.24) is 29.3 Å². The number of hydrogen-bond acceptors (Lipinski definition) is 6. The number of amides is 1. The summed E-state index contributed by atoms with van der Waals surface area (Å²) in [6.07, 6.45) is 21.0. The van der Waals surface area contributed by atoms with E-state index in [-0.39, 0.29) is 5.91 Å². The van der Waals surface area contributed by atoms with Crippen LogP contribution in [0.25, 0.3) is 27.8 Å². The predicted molar refractivity (Wildman–Crippen MR) is 148 cm³/mol. The van der Waals surface area contributed by atoms with Gasteiger partial charge in [-0.1, -0.05) is 0 Å². The number of aromatic nitrogens is 5. The van der Waals surface area contributed by atoms with E-state index in [0.717, 1.165) is 85.2 Å². The molecule has 2 fully saturated rings. The Kier molecular flexibility index (Phi) is 6.28. The molecule has 39 heavy (non-hydrogen) atoms. The molecule has 2 aliphatic rings. The molecule has 4 aromatic rings. The van der Waals surface area contributed by atoms with Crippen LogP contribution in [0.4, 0.5) is 5.82 Å². The van der Waals surface area contributed by atoms with Gasteiger partial charge in [-0.25, -0.2) is 9.50 Å². The molecule has 1 aliphatic carbocycles. The summed E-state index contributed by atoms with van der Waals surface area (Å²) in [6.45, 7) is 1.54. The molecule has 5 heterocycles. The number of nitrogens with one attached hydrogen (secondary N) is 1. The first-order chi connectivity index (χ1) is 19.0. The fourth-order valence-electron chi connectivity index (χ4n) is 6.15. The molecule has 0 aromatic carbocycles. The summed E-state index contributed by atoms with van der Waals surface area (Å²) < 4.78 is 3.52. The highest BCUT2D eigenvalue weighted by molar-refractivity contribution is 5.93. The van der Waals surface area contributed by atoms with Crippen molar-refractivity contribution in [1.29, 1.82) is 5.26 Å². The average Bonchev–Trinajstić information content (AvgIpc) is 3.60. The molecule has 196 valence electrons. The molecule has 1 saturated carbocycles. The summed E-state index contributed by atoms with van der Waals surface area (Å²) >= 11 is 0. The number of likely N-dealkylation sites (tertiary alicyclic amines) is 1. The second-order valence-corrected chi connectivity index (χ2v) is 10.8. The Labute approximate surface area is 227 Å². The van der Waals surface area contributed by atoms with Crippen LogP contribution in [0.3, 0.4) is 0 Å². The first-order valence-electron chi connectivity index (χ1n) is 13.4. The summed E-state index contributed by atoms with van der Waals surface area (Å²) in [6, 6.07) is 8.77. The van der Waals surface area contributed by atoms with Crippen molar-refractivity contribution in [2.45, 2.75) is 44.6 Å². The fraction of sp³-hybridized carbons (Fsp3) is 0.367. The number of nitriles is 1. The zero-order valence-corrected chi connectivity index (χ0v) is 22.0. The normalized spacial score (nSPS) is 17.2. The van der Waals surface area contributed by atoms with Crippen LogP contribution in [0.15, 0.2) is 49.2 Å². The molecule has 9 heteroatoms. The molecule has 1 spiro atoms. The van der Waals surface area contributed by atoms with Gasteiger partial charge in [0, 0.05) is 67.0 Å². The van der Waals surface area contributed by atoms with Gasteiger partial charge in [0.05, 0.1) is 23.5 Å². The zero-order chi connectivity index (χ0) is 27.0. The van der Waals surface area contributed by atoms with Gasteiger partial charge in [-0.15, -0.1) is 6.42 Å². The first kappa shape index (κ1) is 24.7. The van der Waals surface area contributed by atoms with Crippen molar-refractivity contribution >= 4 is 17.2 Å². The van der Waals surface area contributed by atoms with E-state index in [0.29, 0.717) is 17.0 Å². The Morgan fingerprint density at radius 3 is 2.49 bits per heavy atom. The lowest BCUT2D eigenvalue weighted by Crippen LogP contribution is -2.45. The molecule has 1 amide bonds. The molecular formula is C30H30N8O. The Balaban J connectivity index is 1.17. The van der Waals surface area contributed by atoms with Crippen molar-refractivity contribution in [3.8, 4) is 40.7 Å². The Bertz CT molecular complexity index is 1600. The Morgan fingerprint density at radius 1 is 1.05 bits per heavy atom. The minimum Gasteiger partial charge on any atom is -0.367 e. The third-order valence-corrected chi connectivity index (χ3v) is 8.48. The van der Waals surface area contributed by atoms with Crippen LogP contribution in [-0.2, 0) is 11.8 Å². The topological polar surface area (TPSA) is 104 Å². The molecule has 1 N–H and O–H groups in total. The maximum Gasteiger partial charge on any atom is 0.298 e. The van der Waals surface area contributed by atoms with Crippen LogP contribution in [0, 0.1) is 29.1 Å².